The Kier molecular flexibility index (Phi) is 5.70. The Labute approximate surface area is 70.2 Å². The molecule has 68 valence electrons. The Hall–Kier alpha value is 0.0569. The lowest BCUT2D eigenvalue weighted by Gasteiger charge is -2.34. The lowest BCUT2D eigenvalue weighted by molar-refractivity contribution is -0.818. The van der Waals surface area contributed by atoms with Gasteiger partial charge < -0.3 is 19.5 Å². The minimum absolute atomic E-state index is 0.128. The highest BCUT2D eigenvalue weighted by Crippen LogP contribution is 1.97. The van der Waals surface area contributed by atoms with Crippen molar-refractivity contribution < 1.29 is 19.5 Å². The molecule has 11 heavy (non-hydrogen) atoms. The number of hydrogen-bond acceptors (Lipinski definition) is 3. The molecular formula is C6H18NO3Si+. The number of aliphatic hydroxyl groups is 3. The molecular weight excluding hydrogens is 162 g/mol. The number of aliphatic hydroxyl groups excluding tert-OH is 3. The maximum absolute atomic E-state index is 8.70. The molecule has 0 saturated carbocycles. The second-order valence-electron chi connectivity index (χ2n) is 2.96. The molecule has 0 unspecified atom stereocenters. The van der Waals surface area contributed by atoms with Gasteiger partial charge in [0.2, 0.25) is 10.4 Å². The first-order valence-corrected chi connectivity index (χ1v) is 4.74. The molecule has 0 aliphatic heterocycles. The molecule has 3 N–H and O–H groups in total. The zero-order valence-electron chi connectivity index (χ0n) is 7.03. The average Bonchev–Trinajstić information content (AvgIpc) is 1.88. The van der Waals surface area contributed by atoms with Crippen LogP contribution in [0.25, 0.3) is 0 Å². The summed E-state index contributed by atoms with van der Waals surface area (Å²) in [5, 5.41) is 26.1. The number of quaternary nitrogens is 1. The highest BCUT2D eigenvalue weighted by molar-refractivity contribution is 5.97. The maximum Gasteiger partial charge on any atom is 0.239 e. The van der Waals surface area contributed by atoms with Crippen LogP contribution in [-0.2, 0) is 0 Å². The van der Waals surface area contributed by atoms with Crippen molar-refractivity contribution >= 4 is 10.4 Å². The molecule has 0 radical (unpaired) electrons. The molecule has 0 rings (SSSR count). The van der Waals surface area contributed by atoms with Crippen LogP contribution < -0.4 is 0 Å². The maximum atomic E-state index is 8.70. The monoisotopic (exact) mass is 180 g/mol. The fourth-order valence-corrected chi connectivity index (χ4v) is 1.66. The second kappa shape index (κ2) is 5.67. The zero-order valence-corrected chi connectivity index (χ0v) is 9.03. The van der Waals surface area contributed by atoms with Crippen LogP contribution in [0.5, 0.6) is 0 Å². The predicted octanol–water partition coefficient (Wildman–Crippen LogP) is -2.94. The van der Waals surface area contributed by atoms with Crippen LogP contribution >= 0.6 is 0 Å². The summed E-state index contributed by atoms with van der Waals surface area (Å²) in [7, 11) is 0.855. The first kappa shape index (κ1) is 11.1. The van der Waals surface area contributed by atoms with Crippen molar-refractivity contribution in [2.24, 2.45) is 0 Å². The molecule has 0 aromatic rings. The molecule has 0 bridgehead atoms. The average molecular weight is 180 g/mol. The molecule has 0 saturated heterocycles. The second-order valence-corrected chi connectivity index (χ2v) is 4.86. The van der Waals surface area contributed by atoms with Crippen LogP contribution in [0.1, 0.15) is 0 Å². The van der Waals surface area contributed by atoms with Gasteiger partial charge in [-0.2, -0.15) is 0 Å². The van der Waals surface area contributed by atoms with Gasteiger partial charge in [0.15, 0.2) is 0 Å². The minimum Gasteiger partial charge on any atom is -0.391 e. The topological polar surface area (TPSA) is 60.7 Å². The van der Waals surface area contributed by atoms with Crippen LogP contribution in [0, 0.1) is 0 Å². The van der Waals surface area contributed by atoms with E-state index in [1.807, 2.05) is 0 Å². The third-order valence-electron chi connectivity index (χ3n) is 1.92. The number of hydrogen-bond donors (Lipinski definition) is 3. The van der Waals surface area contributed by atoms with E-state index in [1.165, 1.54) is 0 Å². The van der Waals surface area contributed by atoms with E-state index in [4.69, 9.17) is 15.3 Å². The van der Waals surface area contributed by atoms with E-state index in [1.54, 1.807) is 0 Å². The van der Waals surface area contributed by atoms with Crippen molar-refractivity contribution in [3.05, 3.63) is 0 Å². The van der Waals surface area contributed by atoms with Crippen molar-refractivity contribution in [2.45, 2.75) is 0 Å². The lowest BCUT2D eigenvalue weighted by atomic mass is 10.4. The molecule has 0 amide bonds. The van der Waals surface area contributed by atoms with Gasteiger partial charge in [0.25, 0.3) is 0 Å². The van der Waals surface area contributed by atoms with Crippen LogP contribution in [0.3, 0.4) is 0 Å². The minimum atomic E-state index is 0.128. The van der Waals surface area contributed by atoms with E-state index in [0.717, 1.165) is 10.4 Å². The zero-order chi connectivity index (χ0) is 8.74. The Balaban J connectivity index is 3.79. The van der Waals surface area contributed by atoms with Crippen molar-refractivity contribution in [3.8, 4) is 0 Å². The third kappa shape index (κ3) is 4.49. The van der Waals surface area contributed by atoms with Gasteiger partial charge in [-0.15, -0.1) is 0 Å². The molecule has 0 aliphatic rings. The van der Waals surface area contributed by atoms with E-state index >= 15 is 0 Å². The van der Waals surface area contributed by atoms with Gasteiger partial charge in [-0.05, 0) is 0 Å². The van der Waals surface area contributed by atoms with Gasteiger partial charge >= 0.3 is 0 Å². The molecule has 0 heterocycles. The van der Waals surface area contributed by atoms with E-state index in [2.05, 4.69) is 0 Å². The van der Waals surface area contributed by atoms with Crippen LogP contribution in [0.4, 0.5) is 0 Å². The highest BCUT2D eigenvalue weighted by atomic mass is 28.2. The molecule has 0 aromatic carbocycles. The van der Waals surface area contributed by atoms with E-state index < -0.39 is 0 Å². The summed E-state index contributed by atoms with van der Waals surface area (Å²) < 4.78 is 0.670. The summed E-state index contributed by atoms with van der Waals surface area (Å²) in [5.74, 6) is 0. The van der Waals surface area contributed by atoms with Gasteiger partial charge in [-0.25, -0.2) is 0 Å². The number of nitrogens with zero attached hydrogens (tertiary/aromatic N) is 1. The molecule has 0 fully saturated rings. The fraction of sp³-hybridized carbons (Fsp3) is 1.00. The van der Waals surface area contributed by atoms with Crippen LogP contribution in [0.2, 0.25) is 0 Å². The van der Waals surface area contributed by atoms with Crippen molar-refractivity contribution in [2.75, 3.05) is 39.5 Å². The highest BCUT2D eigenvalue weighted by Gasteiger charge is 2.17. The Morgan fingerprint density at radius 2 is 1.09 bits per heavy atom. The van der Waals surface area contributed by atoms with Crippen molar-refractivity contribution in [1.82, 2.24) is 0 Å². The summed E-state index contributed by atoms with van der Waals surface area (Å²) in [6.07, 6.45) is 0. The predicted molar refractivity (Wildman–Crippen MR) is 46.1 cm³/mol. The molecule has 4 nitrogen and oxygen atoms in total. The Morgan fingerprint density at radius 3 is 1.27 bits per heavy atom. The first-order chi connectivity index (χ1) is 5.18. The Morgan fingerprint density at radius 1 is 0.818 bits per heavy atom. The van der Waals surface area contributed by atoms with Crippen molar-refractivity contribution in [3.63, 3.8) is 0 Å². The van der Waals surface area contributed by atoms with Gasteiger partial charge in [-0.3, -0.25) is 0 Å². The normalized spacial score (nSPS) is 12.3. The van der Waals surface area contributed by atoms with E-state index in [0.29, 0.717) is 23.8 Å². The SMILES string of the molecule is OCC[N+]([SiH3])(CCO)CCO. The lowest BCUT2D eigenvalue weighted by Crippen LogP contribution is -2.51. The van der Waals surface area contributed by atoms with Gasteiger partial charge in [-0.1, -0.05) is 0 Å². The van der Waals surface area contributed by atoms with Gasteiger partial charge in [0.1, 0.15) is 0 Å². The quantitative estimate of drug-likeness (QED) is 0.383. The largest absolute Gasteiger partial charge is 0.391 e. The molecule has 5 heteroatoms. The van der Waals surface area contributed by atoms with Crippen molar-refractivity contribution in [1.29, 1.82) is 0 Å². The smallest absolute Gasteiger partial charge is 0.239 e. The third-order valence-corrected chi connectivity index (χ3v) is 3.26. The molecule has 0 aliphatic carbocycles. The summed E-state index contributed by atoms with van der Waals surface area (Å²) in [4.78, 5) is 0. The standard InChI is InChI=1S/C6H18NO3Si/c8-4-1-7(11,2-5-9)3-6-10/h8-10H,1-6H2,11H3/q+1. The number of rotatable bonds is 6. The van der Waals surface area contributed by atoms with Crippen LogP contribution in [0.15, 0.2) is 0 Å². The van der Waals surface area contributed by atoms with E-state index in [9.17, 15) is 0 Å². The molecule has 0 atom stereocenters. The summed E-state index contributed by atoms with van der Waals surface area (Å²) in [5.41, 5.74) is 0. The fourth-order valence-electron chi connectivity index (χ4n) is 1.06. The first-order valence-electron chi connectivity index (χ1n) is 3.84. The van der Waals surface area contributed by atoms with Crippen LogP contribution in [-0.4, -0.2) is 69.3 Å². The summed E-state index contributed by atoms with van der Waals surface area (Å²) in [6.45, 7) is 2.32. The molecule has 0 aromatic heterocycles. The summed E-state index contributed by atoms with van der Waals surface area (Å²) in [6, 6.07) is 0. The van der Waals surface area contributed by atoms with E-state index in [-0.39, 0.29) is 19.8 Å². The van der Waals surface area contributed by atoms with Gasteiger partial charge in [0, 0.05) is 0 Å². The van der Waals surface area contributed by atoms with Gasteiger partial charge in [0.05, 0.1) is 39.5 Å². The molecule has 0 spiro atoms. The Bertz CT molecular complexity index is 84.8. The summed E-state index contributed by atoms with van der Waals surface area (Å²) >= 11 is 0.